The fourth-order valence-electron chi connectivity index (χ4n) is 2.24. The number of ether oxygens (including phenoxy) is 1. The molecule has 1 aliphatic heterocycles. The Hall–Kier alpha value is -0.810. The van der Waals surface area contributed by atoms with Gasteiger partial charge in [-0.25, -0.2) is 4.79 Å². The number of rotatable bonds is 4. The third-order valence-electron chi connectivity index (χ3n) is 4.04. The maximum absolute atomic E-state index is 12.0. The van der Waals surface area contributed by atoms with Crippen LogP contribution in [0.4, 0.5) is 4.79 Å². The highest BCUT2D eigenvalue weighted by molar-refractivity contribution is 5.68. The van der Waals surface area contributed by atoms with Gasteiger partial charge in [-0.1, -0.05) is 0 Å². The van der Waals surface area contributed by atoms with Gasteiger partial charge in [0.15, 0.2) is 0 Å². The van der Waals surface area contributed by atoms with Crippen LogP contribution in [0.1, 0.15) is 54.4 Å². The lowest BCUT2D eigenvalue weighted by Gasteiger charge is -2.35. The van der Waals surface area contributed by atoms with E-state index in [2.05, 4.69) is 5.32 Å². The maximum atomic E-state index is 12.0. The van der Waals surface area contributed by atoms with Crippen molar-refractivity contribution in [3.8, 4) is 0 Å². The summed E-state index contributed by atoms with van der Waals surface area (Å²) >= 11 is 0. The fraction of sp³-hybridized carbons (Fsp3) is 0.938. The topological polar surface area (TPSA) is 61.8 Å². The van der Waals surface area contributed by atoms with E-state index >= 15 is 0 Å². The van der Waals surface area contributed by atoms with Crippen molar-refractivity contribution in [1.29, 1.82) is 0 Å². The molecule has 1 amide bonds. The third-order valence-corrected chi connectivity index (χ3v) is 4.04. The van der Waals surface area contributed by atoms with E-state index in [0.717, 1.165) is 32.5 Å². The van der Waals surface area contributed by atoms with E-state index in [9.17, 15) is 9.90 Å². The summed E-state index contributed by atoms with van der Waals surface area (Å²) < 4.78 is 5.39. The van der Waals surface area contributed by atoms with Gasteiger partial charge < -0.3 is 20.1 Å². The van der Waals surface area contributed by atoms with E-state index in [1.807, 2.05) is 41.5 Å². The average molecular weight is 300 g/mol. The van der Waals surface area contributed by atoms with Crippen molar-refractivity contribution in [3.63, 3.8) is 0 Å². The Balaban J connectivity index is 2.31. The number of amides is 1. The molecule has 5 nitrogen and oxygen atoms in total. The largest absolute Gasteiger partial charge is 0.444 e. The Morgan fingerprint density at radius 3 is 2.24 bits per heavy atom. The summed E-state index contributed by atoms with van der Waals surface area (Å²) in [6.45, 7) is 13.7. The number of carbonyl (C=O) groups is 1. The molecule has 0 aromatic heterocycles. The summed E-state index contributed by atoms with van der Waals surface area (Å²) in [6, 6.07) is 0.0568. The standard InChI is InChI=1S/C16H32N2O3/c1-12(16(5,6)20)17-11-13-7-9-18(10-8-13)14(19)21-15(2,3)4/h12-13,17,20H,7-11H2,1-6H3. The monoisotopic (exact) mass is 300 g/mol. The lowest BCUT2D eigenvalue weighted by molar-refractivity contribution is 0.0173. The first-order valence-corrected chi connectivity index (χ1v) is 7.93. The van der Waals surface area contributed by atoms with Crippen LogP contribution >= 0.6 is 0 Å². The molecule has 21 heavy (non-hydrogen) atoms. The molecule has 1 unspecified atom stereocenters. The van der Waals surface area contributed by atoms with Gasteiger partial charge >= 0.3 is 6.09 Å². The molecule has 0 saturated carbocycles. The number of piperidine rings is 1. The minimum atomic E-state index is -0.711. The van der Waals surface area contributed by atoms with Gasteiger partial charge in [-0.15, -0.1) is 0 Å². The minimum absolute atomic E-state index is 0.0568. The molecular weight excluding hydrogens is 268 g/mol. The highest BCUT2D eigenvalue weighted by Crippen LogP contribution is 2.19. The zero-order valence-electron chi connectivity index (χ0n) is 14.4. The van der Waals surface area contributed by atoms with E-state index in [0.29, 0.717) is 5.92 Å². The van der Waals surface area contributed by atoms with Crippen LogP contribution in [0.15, 0.2) is 0 Å². The molecule has 124 valence electrons. The minimum Gasteiger partial charge on any atom is -0.444 e. The highest BCUT2D eigenvalue weighted by atomic mass is 16.6. The molecule has 2 N–H and O–H groups in total. The molecule has 1 rings (SSSR count). The molecule has 0 aromatic carbocycles. The summed E-state index contributed by atoms with van der Waals surface area (Å²) in [4.78, 5) is 13.8. The SMILES string of the molecule is CC(NCC1CCN(C(=O)OC(C)(C)C)CC1)C(C)(C)O. The van der Waals surface area contributed by atoms with Crippen LogP contribution in [-0.2, 0) is 4.74 Å². The maximum Gasteiger partial charge on any atom is 0.410 e. The Bertz CT molecular complexity index is 336. The molecule has 0 bridgehead atoms. The molecule has 1 saturated heterocycles. The predicted octanol–water partition coefficient (Wildman–Crippen LogP) is 2.38. The number of nitrogens with zero attached hydrogens (tertiary/aromatic N) is 1. The van der Waals surface area contributed by atoms with E-state index in [1.165, 1.54) is 0 Å². The van der Waals surface area contributed by atoms with Crippen LogP contribution < -0.4 is 5.32 Å². The molecule has 1 atom stereocenters. The van der Waals surface area contributed by atoms with Gasteiger partial charge in [-0.2, -0.15) is 0 Å². The number of carbonyl (C=O) groups excluding carboxylic acids is 1. The van der Waals surface area contributed by atoms with Gasteiger partial charge in [0.2, 0.25) is 0 Å². The molecule has 0 aromatic rings. The zero-order chi connectivity index (χ0) is 16.3. The molecule has 0 radical (unpaired) electrons. The lowest BCUT2D eigenvalue weighted by Crippen LogP contribution is -2.48. The van der Waals surface area contributed by atoms with Crippen molar-refractivity contribution in [2.24, 2.45) is 5.92 Å². The second kappa shape index (κ2) is 6.97. The van der Waals surface area contributed by atoms with Crippen LogP contribution in [-0.4, -0.2) is 53.0 Å². The Morgan fingerprint density at radius 1 is 1.29 bits per heavy atom. The van der Waals surface area contributed by atoms with Crippen molar-refractivity contribution in [1.82, 2.24) is 10.2 Å². The summed E-state index contributed by atoms with van der Waals surface area (Å²) in [5, 5.41) is 13.3. The van der Waals surface area contributed by atoms with Crippen LogP contribution in [0.3, 0.4) is 0 Å². The van der Waals surface area contributed by atoms with Crippen molar-refractivity contribution < 1.29 is 14.6 Å². The summed E-state index contributed by atoms with van der Waals surface area (Å²) in [5.74, 6) is 0.550. The van der Waals surface area contributed by atoms with E-state index in [1.54, 1.807) is 4.90 Å². The third kappa shape index (κ3) is 6.66. The van der Waals surface area contributed by atoms with E-state index in [4.69, 9.17) is 4.74 Å². The Morgan fingerprint density at radius 2 is 1.81 bits per heavy atom. The predicted molar refractivity (Wildman–Crippen MR) is 84.3 cm³/mol. The quantitative estimate of drug-likeness (QED) is 0.837. The zero-order valence-corrected chi connectivity index (χ0v) is 14.4. The molecule has 5 heteroatoms. The van der Waals surface area contributed by atoms with Crippen molar-refractivity contribution in [2.75, 3.05) is 19.6 Å². The summed E-state index contributed by atoms with van der Waals surface area (Å²) in [6.07, 6.45) is 1.74. The average Bonchev–Trinajstić information content (AvgIpc) is 2.33. The first-order valence-electron chi connectivity index (χ1n) is 7.93. The fourth-order valence-corrected chi connectivity index (χ4v) is 2.24. The van der Waals surface area contributed by atoms with E-state index < -0.39 is 11.2 Å². The van der Waals surface area contributed by atoms with Gasteiger partial charge in [-0.05, 0) is 66.8 Å². The van der Waals surface area contributed by atoms with Gasteiger partial charge in [0.05, 0.1) is 5.60 Å². The van der Waals surface area contributed by atoms with Crippen LogP contribution in [0.5, 0.6) is 0 Å². The highest BCUT2D eigenvalue weighted by Gasteiger charge is 2.28. The van der Waals surface area contributed by atoms with Gasteiger partial charge in [0.1, 0.15) is 5.60 Å². The second-order valence-electron chi connectivity index (χ2n) is 7.69. The first kappa shape index (κ1) is 18.2. The summed E-state index contributed by atoms with van der Waals surface area (Å²) in [5.41, 5.74) is -1.14. The molecule has 1 heterocycles. The van der Waals surface area contributed by atoms with Crippen LogP contribution in [0, 0.1) is 5.92 Å². The van der Waals surface area contributed by atoms with Crippen LogP contribution in [0.25, 0.3) is 0 Å². The lowest BCUT2D eigenvalue weighted by atomic mass is 9.95. The molecule has 1 aliphatic rings. The smallest absolute Gasteiger partial charge is 0.410 e. The van der Waals surface area contributed by atoms with E-state index in [-0.39, 0.29) is 12.1 Å². The molecule has 0 spiro atoms. The second-order valence-corrected chi connectivity index (χ2v) is 7.69. The van der Waals surface area contributed by atoms with Gasteiger partial charge in [0, 0.05) is 19.1 Å². The number of likely N-dealkylation sites (tertiary alicyclic amines) is 1. The first-order chi connectivity index (χ1) is 9.49. The number of aliphatic hydroxyl groups is 1. The van der Waals surface area contributed by atoms with Crippen LogP contribution in [0.2, 0.25) is 0 Å². The Kier molecular flexibility index (Phi) is 6.05. The summed E-state index contributed by atoms with van der Waals surface area (Å²) in [7, 11) is 0. The number of hydrogen-bond acceptors (Lipinski definition) is 4. The number of hydrogen-bond donors (Lipinski definition) is 2. The van der Waals surface area contributed by atoms with Crippen molar-refractivity contribution in [3.05, 3.63) is 0 Å². The van der Waals surface area contributed by atoms with Crippen molar-refractivity contribution in [2.45, 2.75) is 71.6 Å². The molecule has 1 fully saturated rings. The number of nitrogens with one attached hydrogen (secondary N) is 1. The molecule has 0 aliphatic carbocycles. The Labute approximate surface area is 129 Å². The molecular formula is C16H32N2O3. The van der Waals surface area contributed by atoms with Crippen molar-refractivity contribution >= 4 is 6.09 Å². The normalized spacial score (nSPS) is 19.5. The van der Waals surface area contributed by atoms with Gasteiger partial charge in [0.25, 0.3) is 0 Å². The van der Waals surface area contributed by atoms with Gasteiger partial charge in [-0.3, -0.25) is 0 Å².